The maximum Gasteiger partial charge on any atom is 0.310 e. The molecule has 1 fully saturated rings. The van der Waals surface area contributed by atoms with Crippen molar-refractivity contribution in [2.24, 2.45) is 5.41 Å². The second-order valence-electron chi connectivity index (χ2n) is 6.11. The van der Waals surface area contributed by atoms with Crippen molar-refractivity contribution in [2.45, 2.75) is 26.8 Å². The van der Waals surface area contributed by atoms with Crippen LogP contribution in [-0.4, -0.2) is 38.4 Å². The van der Waals surface area contributed by atoms with E-state index in [2.05, 4.69) is 30.2 Å². The first-order valence-electron chi connectivity index (χ1n) is 6.97. The van der Waals surface area contributed by atoms with Crippen LogP contribution in [-0.2, 0) is 11.3 Å². The molecule has 1 aliphatic heterocycles. The number of rotatable bonds is 3. The van der Waals surface area contributed by atoms with E-state index in [4.69, 9.17) is 0 Å². The number of aromatic nitrogens is 2. The van der Waals surface area contributed by atoms with Crippen molar-refractivity contribution in [3.05, 3.63) is 34.2 Å². The molecule has 2 aromatic heterocycles. The summed E-state index contributed by atoms with van der Waals surface area (Å²) in [6.45, 7) is 5.98. The van der Waals surface area contributed by atoms with Crippen molar-refractivity contribution in [1.82, 2.24) is 14.3 Å². The summed E-state index contributed by atoms with van der Waals surface area (Å²) in [7, 11) is 0. The predicted octanol–water partition coefficient (Wildman–Crippen LogP) is 2.70. The van der Waals surface area contributed by atoms with E-state index in [1.807, 2.05) is 32.3 Å². The van der Waals surface area contributed by atoms with Crippen LogP contribution in [0.25, 0.3) is 5.65 Å². The van der Waals surface area contributed by atoms with Crippen molar-refractivity contribution in [3.63, 3.8) is 0 Å². The third-order valence-corrected chi connectivity index (χ3v) is 4.72. The number of carboxylic acid groups (broad SMARTS) is 1. The molecule has 1 aliphatic rings. The normalized spacial score (nSPS) is 23.0. The van der Waals surface area contributed by atoms with Crippen LogP contribution < -0.4 is 0 Å². The van der Waals surface area contributed by atoms with Gasteiger partial charge in [0.25, 0.3) is 0 Å². The summed E-state index contributed by atoms with van der Waals surface area (Å²) in [5.41, 5.74) is 2.53. The largest absolute Gasteiger partial charge is 0.481 e. The molecule has 3 heterocycles. The molecule has 0 spiro atoms. The van der Waals surface area contributed by atoms with Crippen LogP contribution in [0.5, 0.6) is 0 Å². The highest BCUT2D eigenvalue weighted by molar-refractivity contribution is 9.10. The van der Waals surface area contributed by atoms with Gasteiger partial charge in [0, 0.05) is 23.8 Å². The molecular formula is C15H18BrN3O2. The highest BCUT2D eigenvalue weighted by atomic mass is 79.9. The topological polar surface area (TPSA) is 57.8 Å². The first kappa shape index (κ1) is 14.5. The first-order valence-corrected chi connectivity index (χ1v) is 7.76. The van der Waals surface area contributed by atoms with Crippen LogP contribution in [0.1, 0.15) is 24.6 Å². The highest BCUT2D eigenvalue weighted by Crippen LogP contribution is 2.31. The highest BCUT2D eigenvalue weighted by Gasteiger charge is 2.40. The molecule has 0 saturated carbocycles. The number of pyridine rings is 1. The number of nitrogens with zero attached hydrogens (tertiary/aromatic N) is 3. The van der Waals surface area contributed by atoms with Gasteiger partial charge in [-0.25, -0.2) is 4.98 Å². The molecule has 1 atom stereocenters. The molecular weight excluding hydrogens is 334 g/mol. The number of carbonyl (C=O) groups is 1. The van der Waals surface area contributed by atoms with Crippen molar-refractivity contribution in [3.8, 4) is 0 Å². The molecule has 1 saturated heterocycles. The predicted molar refractivity (Wildman–Crippen MR) is 83.3 cm³/mol. The van der Waals surface area contributed by atoms with Gasteiger partial charge in [0.15, 0.2) is 0 Å². The number of aryl methyl sites for hydroxylation is 1. The molecule has 5 nitrogen and oxygen atoms in total. The van der Waals surface area contributed by atoms with Crippen molar-refractivity contribution in [2.75, 3.05) is 13.1 Å². The maximum absolute atomic E-state index is 11.3. The quantitative estimate of drug-likeness (QED) is 0.923. The van der Waals surface area contributed by atoms with E-state index >= 15 is 0 Å². The Balaban J connectivity index is 1.85. The molecule has 1 unspecified atom stereocenters. The minimum absolute atomic E-state index is 0.586. The van der Waals surface area contributed by atoms with E-state index in [1.54, 1.807) is 0 Å². The van der Waals surface area contributed by atoms with Gasteiger partial charge in [0.1, 0.15) is 5.65 Å². The van der Waals surface area contributed by atoms with Crippen LogP contribution >= 0.6 is 15.9 Å². The molecule has 0 bridgehead atoms. The summed E-state index contributed by atoms with van der Waals surface area (Å²) < 4.78 is 3.10. The Morgan fingerprint density at radius 2 is 2.33 bits per heavy atom. The van der Waals surface area contributed by atoms with E-state index < -0.39 is 11.4 Å². The molecule has 112 valence electrons. The molecule has 1 N–H and O–H groups in total. The van der Waals surface area contributed by atoms with Gasteiger partial charge in [-0.15, -0.1) is 0 Å². The van der Waals surface area contributed by atoms with Crippen LogP contribution in [0.4, 0.5) is 0 Å². The summed E-state index contributed by atoms with van der Waals surface area (Å²) in [5.74, 6) is -0.707. The van der Waals surface area contributed by atoms with Crippen molar-refractivity contribution >= 4 is 27.5 Å². The molecule has 0 amide bonds. The van der Waals surface area contributed by atoms with Crippen molar-refractivity contribution < 1.29 is 9.90 Å². The van der Waals surface area contributed by atoms with E-state index in [1.165, 1.54) is 0 Å². The number of imidazole rings is 1. The van der Waals surface area contributed by atoms with Crippen LogP contribution in [0, 0.1) is 12.3 Å². The zero-order valence-electron chi connectivity index (χ0n) is 12.1. The van der Waals surface area contributed by atoms with E-state index in [9.17, 15) is 9.90 Å². The fourth-order valence-electron chi connectivity index (χ4n) is 2.98. The summed E-state index contributed by atoms with van der Waals surface area (Å²) in [5, 5.41) is 9.31. The second-order valence-corrected chi connectivity index (χ2v) is 7.03. The standard InChI is InChI=1S/C15H18BrN3O2/c1-10-5-11(16)7-19-12(6-17-13(10)19)8-18-4-3-15(2,9-18)14(20)21/h5-7H,3-4,8-9H2,1-2H3,(H,20,21). The van der Waals surface area contributed by atoms with Crippen LogP contribution in [0.15, 0.2) is 22.9 Å². The minimum Gasteiger partial charge on any atom is -0.481 e. The smallest absolute Gasteiger partial charge is 0.310 e. The van der Waals surface area contributed by atoms with Gasteiger partial charge in [-0.2, -0.15) is 0 Å². The van der Waals surface area contributed by atoms with Gasteiger partial charge in [-0.3, -0.25) is 9.69 Å². The Morgan fingerprint density at radius 3 is 3.00 bits per heavy atom. The van der Waals surface area contributed by atoms with Gasteiger partial charge in [-0.05, 0) is 54.4 Å². The fourth-order valence-corrected chi connectivity index (χ4v) is 3.52. The third kappa shape index (κ3) is 2.58. The molecule has 0 aliphatic carbocycles. The number of carboxylic acids is 1. The van der Waals surface area contributed by atoms with Gasteiger partial charge < -0.3 is 9.51 Å². The average molecular weight is 352 g/mol. The monoisotopic (exact) mass is 351 g/mol. The molecule has 0 radical (unpaired) electrons. The van der Waals surface area contributed by atoms with Gasteiger partial charge in [0.05, 0.1) is 17.3 Å². The van der Waals surface area contributed by atoms with E-state index in [-0.39, 0.29) is 0 Å². The Morgan fingerprint density at radius 1 is 1.57 bits per heavy atom. The lowest BCUT2D eigenvalue weighted by Crippen LogP contribution is -2.31. The number of fused-ring (bicyclic) bond motifs is 1. The lowest BCUT2D eigenvalue weighted by atomic mass is 9.90. The lowest BCUT2D eigenvalue weighted by Gasteiger charge is -2.19. The Hall–Kier alpha value is -1.40. The Kier molecular flexibility index (Phi) is 3.53. The van der Waals surface area contributed by atoms with Gasteiger partial charge in [-0.1, -0.05) is 0 Å². The molecule has 21 heavy (non-hydrogen) atoms. The molecule has 0 aromatic carbocycles. The van der Waals surface area contributed by atoms with Gasteiger partial charge >= 0.3 is 5.97 Å². The zero-order valence-corrected chi connectivity index (χ0v) is 13.7. The summed E-state index contributed by atoms with van der Waals surface area (Å²) >= 11 is 3.51. The maximum atomic E-state index is 11.3. The molecule has 3 rings (SSSR count). The Bertz CT molecular complexity index is 712. The average Bonchev–Trinajstić information content (AvgIpc) is 2.96. The Labute approximate surface area is 131 Å². The van der Waals surface area contributed by atoms with Crippen LogP contribution in [0.2, 0.25) is 0 Å². The number of hydrogen-bond donors (Lipinski definition) is 1. The van der Waals surface area contributed by atoms with E-state index in [0.29, 0.717) is 13.0 Å². The summed E-state index contributed by atoms with van der Waals surface area (Å²) in [6, 6.07) is 2.05. The first-order chi connectivity index (χ1) is 9.89. The fraction of sp³-hybridized carbons (Fsp3) is 0.467. The minimum atomic E-state index is -0.707. The lowest BCUT2D eigenvalue weighted by molar-refractivity contribution is -0.147. The zero-order chi connectivity index (χ0) is 15.2. The van der Waals surface area contributed by atoms with E-state index in [0.717, 1.165) is 34.5 Å². The summed E-state index contributed by atoms with van der Waals surface area (Å²) in [4.78, 5) is 18.0. The SMILES string of the molecule is Cc1cc(Br)cn2c(CN3CCC(C)(C(=O)O)C3)cnc12. The third-order valence-electron chi connectivity index (χ3n) is 4.29. The molecule has 2 aromatic rings. The molecule has 6 heteroatoms. The number of likely N-dealkylation sites (tertiary alicyclic amines) is 1. The number of aliphatic carboxylic acids is 1. The van der Waals surface area contributed by atoms with Crippen molar-refractivity contribution in [1.29, 1.82) is 0 Å². The number of halogens is 1. The van der Waals surface area contributed by atoms with Gasteiger partial charge in [0.2, 0.25) is 0 Å². The number of hydrogen-bond acceptors (Lipinski definition) is 3. The van der Waals surface area contributed by atoms with Crippen LogP contribution in [0.3, 0.4) is 0 Å². The summed E-state index contributed by atoms with van der Waals surface area (Å²) in [6.07, 6.45) is 4.59. The second kappa shape index (κ2) is 5.10.